The number of hydrogen-bond donors (Lipinski definition) is 0. The van der Waals surface area contributed by atoms with Gasteiger partial charge < -0.3 is 13.9 Å². The van der Waals surface area contributed by atoms with Crippen molar-refractivity contribution in [3.63, 3.8) is 0 Å². The number of aryl methyl sites for hydroxylation is 1. The van der Waals surface area contributed by atoms with Crippen LogP contribution < -0.4 is 10.4 Å². The van der Waals surface area contributed by atoms with Crippen molar-refractivity contribution >= 4 is 49.3 Å². The summed E-state index contributed by atoms with van der Waals surface area (Å²) in [7, 11) is 1.40. The van der Waals surface area contributed by atoms with Crippen LogP contribution in [0.1, 0.15) is 11.1 Å². The highest BCUT2D eigenvalue weighted by molar-refractivity contribution is 9.11. The smallest absolute Gasteiger partial charge is 0.357 e. The molecule has 5 nitrogen and oxygen atoms in total. The van der Waals surface area contributed by atoms with Crippen LogP contribution in [0, 0.1) is 13.8 Å². The lowest BCUT2D eigenvalue weighted by Crippen LogP contribution is -2.13. The molecule has 2 aromatic heterocycles. The zero-order valence-corrected chi connectivity index (χ0v) is 19.2. The highest BCUT2D eigenvalue weighted by Crippen LogP contribution is 2.42. The molecule has 1 aromatic carbocycles. The Morgan fingerprint density at radius 1 is 1.21 bits per heavy atom. The number of thiocarbonyl (C=S) groups is 1. The fraction of sp³-hybridized carbons (Fsp3) is 0.150. The fourth-order valence-corrected chi connectivity index (χ4v) is 4.45. The van der Waals surface area contributed by atoms with Crippen LogP contribution in [-0.2, 0) is 4.74 Å². The predicted molar refractivity (Wildman–Crippen MR) is 119 cm³/mol. The number of rotatable bonds is 3. The standard InChI is InChI=1S/C20H15Br2NO4S/c1-10-7-13(21)16(18(22)11(10)2)17-15(27-20(28)25-3)8-14(26-19(17)24)12-5-4-6-23-9-12/h4-9H,1-3H3. The number of hydrogen-bond acceptors (Lipinski definition) is 6. The molecule has 0 radical (unpaired) electrons. The van der Waals surface area contributed by atoms with E-state index in [1.165, 1.54) is 7.11 Å². The van der Waals surface area contributed by atoms with E-state index in [1.807, 2.05) is 19.9 Å². The van der Waals surface area contributed by atoms with Crippen LogP contribution in [0.15, 0.2) is 54.8 Å². The van der Waals surface area contributed by atoms with E-state index in [0.717, 1.165) is 20.1 Å². The molecule has 0 aliphatic carbocycles. The molecule has 0 aliphatic heterocycles. The molecule has 2 heterocycles. The number of ether oxygens (including phenoxy) is 2. The first-order valence-corrected chi connectivity index (χ1v) is 10.1. The van der Waals surface area contributed by atoms with Crippen LogP contribution >= 0.6 is 44.1 Å². The highest BCUT2D eigenvalue weighted by atomic mass is 79.9. The number of methoxy groups -OCH3 is 1. The average molecular weight is 525 g/mol. The van der Waals surface area contributed by atoms with Crippen LogP contribution in [0.5, 0.6) is 5.75 Å². The van der Waals surface area contributed by atoms with Gasteiger partial charge in [-0.05, 0) is 59.1 Å². The van der Waals surface area contributed by atoms with Crippen molar-refractivity contribution in [3.05, 3.63) is 67.2 Å². The van der Waals surface area contributed by atoms with Crippen LogP contribution in [-0.4, -0.2) is 17.3 Å². The molecule has 0 amide bonds. The predicted octanol–water partition coefficient (Wildman–Crippen LogP) is 5.82. The minimum atomic E-state index is -0.570. The van der Waals surface area contributed by atoms with Crippen molar-refractivity contribution in [3.8, 4) is 28.2 Å². The Hall–Kier alpha value is -2.03. The van der Waals surface area contributed by atoms with Gasteiger partial charge in [-0.3, -0.25) is 4.98 Å². The molecule has 0 N–H and O–H groups in total. The molecule has 3 aromatic rings. The summed E-state index contributed by atoms with van der Waals surface area (Å²) in [6.07, 6.45) is 3.23. The zero-order valence-electron chi connectivity index (χ0n) is 15.2. The van der Waals surface area contributed by atoms with Gasteiger partial charge >= 0.3 is 10.9 Å². The maximum absolute atomic E-state index is 13.0. The first-order valence-electron chi connectivity index (χ1n) is 8.13. The highest BCUT2D eigenvalue weighted by Gasteiger charge is 2.23. The van der Waals surface area contributed by atoms with Gasteiger partial charge in [0.15, 0.2) is 5.75 Å². The molecular formula is C20H15Br2NO4S. The average Bonchev–Trinajstić information content (AvgIpc) is 2.68. The van der Waals surface area contributed by atoms with E-state index in [2.05, 4.69) is 36.8 Å². The van der Waals surface area contributed by atoms with Gasteiger partial charge in [0.2, 0.25) is 0 Å². The SMILES string of the molecule is COC(=S)Oc1cc(-c2cccnc2)oc(=O)c1-c1c(Br)cc(C)c(C)c1Br. The quantitative estimate of drug-likeness (QED) is 0.402. The lowest BCUT2D eigenvalue weighted by atomic mass is 10.0. The topological polar surface area (TPSA) is 61.6 Å². The Labute approximate surface area is 184 Å². The van der Waals surface area contributed by atoms with Gasteiger partial charge in [0.25, 0.3) is 0 Å². The number of benzene rings is 1. The summed E-state index contributed by atoms with van der Waals surface area (Å²) in [5.74, 6) is 0.540. The molecule has 0 fully saturated rings. The monoisotopic (exact) mass is 523 g/mol. The van der Waals surface area contributed by atoms with Gasteiger partial charge in [0, 0.05) is 50.8 Å². The third-order valence-corrected chi connectivity index (χ3v) is 6.06. The lowest BCUT2D eigenvalue weighted by Gasteiger charge is -2.16. The Morgan fingerprint density at radius 2 is 1.96 bits per heavy atom. The third-order valence-electron chi connectivity index (χ3n) is 4.19. The van der Waals surface area contributed by atoms with Gasteiger partial charge in [0.05, 0.1) is 7.11 Å². The Morgan fingerprint density at radius 3 is 2.61 bits per heavy atom. The maximum atomic E-state index is 13.0. The second-order valence-electron chi connectivity index (χ2n) is 5.92. The number of halogens is 2. The minimum absolute atomic E-state index is 0.111. The van der Waals surface area contributed by atoms with Gasteiger partial charge in [-0.2, -0.15) is 0 Å². The van der Waals surface area contributed by atoms with E-state index >= 15 is 0 Å². The molecule has 0 aliphatic rings. The molecule has 0 bridgehead atoms. The van der Waals surface area contributed by atoms with Gasteiger partial charge in [-0.15, -0.1) is 0 Å². The van der Waals surface area contributed by atoms with Gasteiger partial charge in [0.1, 0.15) is 11.3 Å². The summed E-state index contributed by atoms with van der Waals surface area (Å²) in [6.45, 7) is 3.95. The Kier molecular flexibility index (Phi) is 6.32. The summed E-state index contributed by atoms with van der Waals surface area (Å²) in [5, 5.41) is -0.111. The Balaban J connectivity index is 2.31. The molecule has 0 unspecified atom stereocenters. The molecule has 144 valence electrons. The molecule has 8 heteroatoms. The molecular weight excluding hydrogens is 510 g/mol. The maximum Gasteiger partial charge on any atom is 0.357 e. The van der Waals surface area contributed by atoms with Crippen LogP contribution in [0.4, 0.5) is 0 Å². The number of nitrogens with zero attached hydrogens (tertiary/aromatic N) is 1. The van der Waals surface area contributed by atoms with Crippen molar-refractivity contribution in [2.75, 3.05) is 7.11 Å². The zero-order chi connectivity index (χ0) is 20.4. The summed E-state index contributed by atoms with van der Waals surface area (Å²) in [5.41, 5.74) is 2.97. The molecule has 0 spiro atoms. The van der Waals surface area contributed by atoms with Gasteiger partial charge in [-0.1, -0.05) is 15.9 Å². The lowest BCUT2D eigenvalue weighted by molar-refractivity contribution is 0.314. The molecule has 0 saturated carbocycles. The largest absolute Gasteiger partial charge is 0.460 e. The first-order chi connectivity index (χ1) is 13.3. The van der Waals surface area contributed by atoms with E-state index in [1.54, 1.807) is 30.6 Å². The summed E-state index contributed by atoms with van der Waals surface area (Å²) < 4.78 is 17.7. The summed E-state index contributed by atoms with van der Waals surface area (Å²) >= 11 is 12.2. The van der Waals surface area contributed by atoms with Crippen molar-refractivity contribution < 1.29 is 13.9 Å². The normalized spacial score (nSPS) is 10.6. The van der Waals surface area contributed by atoms with Crippen LogP contribution in [0.2, 0.25) is 0 Å². The van der Waals surface area contributed by atoms with Crippen LogP contribution in [0.3, 0.4) is 0 Å². The Bertz CT molecular complexity index is 1110. The van der Waals surface area contributed by atoms with E-state index in [0.29, 0.717) is 16.9 Å². The van der Waals surface area contributed by atoms with Gasteiger partial charge in [-0.25, -0.2) is 4.79 Å². The summed E-state index contributed by atoms with van der Waals surface area (Å²) in [6, 6.07) is 7.07. The third kappa shape index (κ3) is 4.04. The fourth-order valence-electron chi connectivity index (χ4n) is 2.63. The minimum Gasteiger partial charge on any atom is -0.460 e. The van der Waals surface area contributed by atoms with Crippen LogP contribution in [0.25, 0.3) is 22.5 Å². The van der Waals surface area contributed by atoms with E-state index in [-0.39, 0.29) is 16.5 Å². The van der Waals surface area contributed by atoms with E-state index in [9.17, 15) is 4.79 Å². The first kappa shape index (κ1) is 20.7. The second kappa shape index (κ2) is 8.55. The number of pyridine rings is 1. The number of aromatic nitrogens is 1. The molecule has 28 heavy (non-hydrogen) atoms. The van der Waals surface area contributed by atoms with Crippen molar-refractivity contribution in [2.24, 2.45) is 0 Å². The van der Waals surface area contributed by atoms with Crippen molar-refractivity contribution in [1.82, 2.24) is 4.98 Å². The van der Waals surface area contributed by atoms with Crippen molar-refractivity contribution in [2.45, 2.75) is 13.8 Å². The second-order valence-corrected chi connectivity index (χ2v) is 7.91. The summed E-state index contributed by atoms with van der Waals surface area (Å²) in [4.78, 5) is 17.1. The molecule has 0 saturated heterocycles. The van der Waals surface area contributed by atoms with E-state index < -0.39 is 5.63 Å². The molecule has 3 rings (SSSR count). The van der Waals surface area contributed by atoms with Crippen molar-refractivity contribution in [1.29, 1.82) is 0 Å². The molecule has 0 atom stereocenters. The van der Waals surface area contributed by atoms with E-state index in [4.69, 9.17) is 26.1 Å².